The van der Waals surface area contributed by atoms with E-state index in [0.717, 1.165) is 12.1 Å². The number of aromatic nitrogens is 1. The summed E-state index contributed by atoms with van der Waals surface area (Å²) in [5.74, 6) is 1.32. The molecule has 1 aliphatic rings. The van der Waals surface area contributed by atoms with Crippen LogP contribution < -0.4 is 4.90 Å². The SMILES string of the molecule is C=CCC1OC(c2cnco2)=CN1c1ccccc1. The van der Waals surface area contributed by atoms with Crippen LogP contribution in [-0.2, 0) is 4.74 Å². The molecule has 1 aliphatic heterocycles. The van der Waals surface area contributed by atoms with E-state index in [1.54, 1.807) is 6.20 Å². The summed E-state index contributed by atoms with van der Waals surface area (Å²) >= 11 is 0. The number of para-hydroxylation sites is 1. The first kappa shape index (κ1) is 11.6. The van der Waals surface area contributed by atoms with Crippen molar-refractivity contribution >= 4 is 11.4 Å². The van der Waals surface area contributed by atoms with Crippen molar-refractivity contribution in [2.24, 2.45) is 0 Å². The van der Waals surface area contributed by atoms with Crippen LogP contribution in [0.4, 0.5) is 5.69 Å². The van der Waals surface area contributed by atoms with E-state index in [4.69, 9.17) is 9.15 Å². The third-order valence-corrected chi connectivity index (χ3v) is 2.93. The van der Waals surface area contributed by atoms with Crippen LogP contribution in [0.15, 0.2) is 66.2 Å². The Morgan fingerprint density at radius 2 is 2.16 bits per heavy atom. The molecule has 0 amide bonds. The van der Waals surface area contributed by atoms with Crippen LogP contribution in [0.1, 0.15) is 12.2 Å². The summed E-state index contributed by atoms with van der Waals surface area (Å²) in [7, 11) is 0. The van der Waals surface area contributed by atoms with Gasteiger partial charge in [-0.1, -0.05) is 24.3 Å². The zero-order valence-electron chi connectivity index (χ0n) is 10.4. The molecule has 2 aromatic rings. The number of hydrogen-bond acceptors (Lipinski definition) is 4. The normalized spacial score (nSPS) is 18.0. The van der Waals surface area contributed by atoms with E-state index in [0.29, 0.717) is 11.5 Å². The summed E-state index contributed by atoms with van der Waals surface area (Å²) in [5.41, 5.74) is 1.07. The molecule has 1 unspecified atom stereocenters. The predicted octanol–water partition coefficient (Wildman–Crippen LogP) is 3.41. The summed E-state index contributed by atoms with van der Waals surface area (Å²) in [4.78, 5) is 5.98. The molecule has 0 aliphatic carbocycles. The molecule has 0 bridgehead atoms. The number of nitrogens with zero attached hydrogens (tertiary/aromatic N) is 2. The largest absolute Gasteiger partial charge is 0.464 e. The van der Waals surface area contributed by atoms with Gasteiger partial charge in [-0.3, -0.25) is 0 Å². The fraction of sp³-hybridized carbons (Fsp3) is 0.133. The highest BCUT2D eigenvalue weighted by Gasteiger charge is 2.28. The maximum absolute atomic E-state index is 5.90. The number of rotatable bonds is 4. The summed E-state index contributed by atoms with van der Waals surface area (Å²) < 4.78 is 11.2. The minimum Gasteiger partial charge on any atom is -0.464 e. The van der Waals surface area contributed by atoms with Gasteiger partial charge in [-0.05, 0) is 12.1 Å². The zero-order valence-corrected chi connectivity index (χ0v) is 10.4. The van der Waals surface area contributed by atoms with Gasteiger partial charge in [0.2, 0.25) is 0 Å². The molecule has 0 fully saturated rings. The second-order valence-electron chi connectivity index (χ2n) is 4.20. The van der Waals surface area contributed by atoms with Crippen LogP contribution in [0.5, 0.6) is 0 Å². The van der Waals surface area contributed by atoms with Gasteiger partial charge in [0, 0.05) is 12.1 Å². The first-order chi connectivity index (χ1) is 9.38. The van der Waals surface area contributed by atoms with Crippen LogP contribution in [0.25, 0.3) is 5.76 Å². The maximum atomic E-state index is 5.90. The molecule has 0 spiro atoms. The van der Waals surface area contributed by atoms with Gasteiger partial charge >= 0.3 is 0 Å². The quantitative estimate of drug-likeness (QED) is 0.784. The average Bonchev–Trinajstić information content (AvgIpc) is 3.08. The lowest BCUT2D eigenvalue weighted by Gasteiger charge is -2.23. The van der Waals surface area contributed by atoms with Crippen molar-refractivity contribution in [1.82, 2.24) is 4.98 Å². The number of hydrogen-bond donors (Lipinski definition) is 0. The van der Waals surface area contributed by atoms with Crippen molar-refractivity contribution < 1.29 is 9.15 Å². The van der Waals surface area contributed by atoms with E-state index in [9.17, 15) is 0 Å². The number of benzene rings is 1. The molecular weight excluding hydrogens is 240 g/mol. The lowest BCUT2D eigenvalue weighted by molar-refractivity contribution is 0.190. The van der Waals surface area contributed by atoms with Gasteiger partial charge in [-0.15, -0.1) is 6.58 Å². The smallest absolute Gasteiger partial charge is 0.190 e. The minimum absolute atomic E-state index is 0.0972. The van der Waals surface area contributed by atoms with Crippen LogP contribution >= 0.6 is 0 Å². The van der Waals surface area contributed by atoms with Crippen LogP contribution in [-0.4, -0.2) is 11.2 Å². The average molecular weight is 254 g/mol. The van der Waals surface area contributed by atoms with Gasteiger partial charge in [0.1, 0.15) is 0 Å². The van der Waals surface area contributed by atoms with Crippen LogP contribution in [0.2, 0.25) is 0 Å². The van der Waals surface area contributed by atoms with Crippen molar-refractivity contribution in [2.45, 2.75) is 12.6 Å². The van der Waals surface area contributed by atoms with Gasteiger partial charge in [0.05, 0.1) is 12.4 Å². The summed E-state index contributed by atoms with van der Waals surface area (Å²) in [6.45, 7) is 3.77. The molecule has 19 heavy (non-hydrogen) atoms. The number of oxazole rings is 1. The Hall–Kier alpha value is -2.49. The first-order valence-corrected chi connectivity index (χ1v) is 6.10. The van der Waals surface area contributed by atoms with E-state index >= 15 is 0 Å². The van der Waals surface area contributed by atoms with E-state index in [2.05, 4.69) is 16.5 Å². The molecular formula is C15H14N2O2. The standard InChI is InChI=1S/C15H14N2O2/c1-2-6-15-17(12-7-4-3-5-8-12)10-14(19-15)13-9-16-11-18-13/h2-5,7-11,15H,1,6H2. The Bertz CT molecular complexity index is 575. The molecule has 1 aromatic carbocycles. The fourth-order valence-electron chi connectivity index (χ4n) is 2.05. The van der Waals surface area contributed by atoms with E-state index in [1.807, 2.05) is 42.6 Å². The zero-order chi connectivity index (χ0) is 13.1. The maximum Gasteiger partial charge on any atom is 0.190 e. The van der Waals surface area contributed by atoms with Crippen molar-refractivity contribution in [2.75, 3.05) is 4.90 Å². The number of ether oxygens (including phenoxy) is 1. The number of anilines is 1. The molecule has 0 N–H and O–H groups in total. The topological polar surface area (TPSA) is 38.5 Å². The molecule has 0 saturated heterocycles. The molecule has 0 radical (unpaired) electrons. The van der Waals surface area contributed by atoms with Crippen LogP contribution in [0.3, 0.4) is 0 Å². The van der Waals surface area contributed by atoms with Crippen molar-refractivity contribution in [3.63, 3.8) is 0 Å². The van der Waals surface area contributed by atoms with Gasteiger partial charge < -0.3 is 14.1 Å². The Kier molecular flexibility index (Phi) is 3.06. The Morgan fingerprint density at radius 3 is 2.84 bits per heavy atom. The monoisotopic (exact) mass is 254 g/mol. The van der Waals surface area contributed by atoms with Crippen molar-refractivity contribution in [3.8, 4) is 0 Å². The Balaban J connectivity index is 1.92. The van der Waals surface area contributed by atoms with Gasteiger partial charge in [0.15, 0.2) is 24.1 Å². The van der Waals surface area contributed by atoms with E-state index < -0.39 is 0 Å². The van der Waals surface area contributed by atoms with Crippen molar-refractivity contribution in [3.05, 3.63) is 67.5 Å². The van der Waals surface area contributed by atoms with Gasteiger partial charge in [0.25, 0.3) is 0 Å². The first-order valence-electron chi connectivity index (χ1n) is 6.10. The lowest BCUT2D eigenvalue weighted by atomic mass is 10.2. The van der Waals surface area contributed by atoms with E-state index in [1.165, 1.54) is 6.39 Å². The molecule has 2 heterocycles. The highest BCUT2D eigenvalue weighted by atomic mass is 16.5. The molecule has 1 atom stereocenters. The fourth-order valence-corrected chi connectivity index (χ4v) is 2.05. The van der Waals surface area contributed by atoms with Crippen LogP contribution in [0, 0.1) is 0 Å². The Labute approximate surface area is 111 Å². The van der Waals surface area contributed by atoms with E-state index in [-0.39, 0.29) is 6.23 Å². The second kappa shape index (κ2) is 5.02. The lowest BCUT2D eigenvalue weighted by Crippen LogP contribution is -2.26. The Morgan fingerprint density at radius 1 is 1.32 bits per heavy atom. The third kappa shape index (κ3) is 2.25. The molecule has 4 heteroatoms. The third-order valence-electron chi connectivity index (χ3n) is 2.93. The second-order valence-corrected chi connectivity index (χ2v) is 4.20. The molecule has 0 saturated carbocycles. The predicted molar refractivity (Wildman–Crippen MR) is 73.1 cm³/mol. The molecule has 96 valence electrons. The molecule has 1 aromatic heterocycles. The van der Waals surface area contributed by atoms with Gasteiger partial charge in [-0.2, -0.15) is 0 Å². The highest BCUT2D eigenvalue weighted by molar-refractivity contribution is 5.64. The summed E-state index contributed by atoms with van der Waals surface area (Å²) in [6, 6.07) is 10.1. The van der Waals surface area contributed by atoms with Gasteiger partial charge in [-0.25, -0.2) is 4.98 Å². The summed E-state index contributed by atoms with van der Waals surface area (Å²) in [5, 5.41) is 0. The highest BCUT2D eigenvalue weighted by Crippen LogP contribution is 2.32. The molecule has 3 rings (SSSR count). The van der Waals surface area contributed by atoms with Crippen molar-refractivity contribution in [1.29, 1.82) is 0 Å². The summed E-state index contributed by atoms with van der Waals surface area (Å²) in [6.07, 6.45) is 7.45. The minimum atomic E-state index is -0.0972. The molecule has 4 nitrogen and oxygen atoms in total.